The molecule has 1 aliphatic heterocycles. The fraction of sp³-hybridized carbons (Fsp3) is 0.417. The number of benzene rings is 1. The molecule has 2 rings (SSSR count). The molecule has 1 atom stereocenters. The van der Waals surface area contributed by atoms with Gasteiger partial charge < -0.3 is 10.6 Å². The van der Waals surface area contributed by atoms with Gasteiger partial charge in [-0.25, -0.2) is 0 Å². The van der Waals surface area contributed by atoms with E-state index in [1.54, 1.807) is 16.8 Å². The minimum absolute atomic E-state index is 0.0275. The predicted octanol–water partition coefficient (Wildman–Crippen LogP) is 1.12. The second-order valence-corrected chi connectivity index (χ2v) is 4.86. The lowest BCUT2D eigenvalue weighted by Crippen LogP contribution is -2.27. The first-order chi connectivity index (χ1) is 8.20. The maximum atomic E-state index is 11.7. The van der Waals surface area contributed by atoms with E-state index in [0.717, 1.165) is 12.2 Å². The summed E-state index contributed by atoms with van der Waals surface area (Å²) in [6.45, 7) is 1.45. The number of hydrogen-bond donors (Lipinski definition) is 2. The Bertz CT molecular complexity index is 393. The first-order valence-electron chi connectivity index (χ1n) is 5.61. The summed E-state index contributed by atoms with van der Waals surface area (Å²) in [4.78, 5) is 13.4. The van der Waals surface area contributed by atoms with Gasteiger partial charge in [-0.3, -0.25) is 9.52 Å². The highest BCUT2D eigenvalue weighted by atomic mass is 32.2. The topological polar surface area (TPSA) is 58.4 Å². The van der Waals surface area contributed by atoms with E-state index in [0.29, 0.717) is 13.0 Å². The van der Waals surface area contributed by atoms with E-state index in [9.17, 15) is 4.79 Å². The largest absolute Gasteiger partial charge is 0.326 e. The molecule has 1 fully saturated rings. The first kappa shape index (κ1) is 12.4. The average Bonchev–Trinajstić information content (AvgIpc) is 2.66. The summed E-state index contributed by atoms with van der Waals surface area (Å²) < 4.78 is 3.19. The summed E-state index contributed by atoms with van der Waals surface area (Å²) in [5, 5.41) is 0. The lowest BCUT2D eigenvalue weighted by atomic mass is 10.2. The summed E-state index contributed by atoms with van der Waals surface area (Å²) in [5.41, 5.74) is 7.92. The summed E-state index contributed by atoms with van der Waals surface area (Å²) in [5.74, 6) is 0.118. The van der Waals surface area contributed by atoms with Crippen molar-refractivity contribution in [3.05, 3.63) is 29.8 Å². The third-order valence-electron chi connectivity index (χ3n) is 2.82. The predicted molar refractivity (Wildman–Crippen MR) is 71.7 cm³/mol. The van der Waals surface area contributed by atoms with E-state index in [4.69, 9.17) is 5.73 Å². The standard InChI is InChI=1S/C12H17N3OS/c1-17-14-7-9-2-4-11(5-3-9)15-8-10(13)6-12(15)16/h2-5,10,14H,6-8,13H2,1H3/t10-/m1/s1. The van der Waals surface area contributed by atoms with E-state index in [1.807, 2.05) is 30.5 Å². The Morgan fingerprint density at radius 1 is 1.47 bits per heavy atom. The van der Waals surface area contributed by atoms with Gasteiger partial charge in [-0.2, -0.15) is 0 Å². The Hall–Kier alpha value is -1.04. The van der Waals surface area contributed by atoms with Crippen molar-refractivity contribution in [2.24, 2.45) is 5.73 Å². The van der Waals surface area contributed by atoms with Crippen molar-refractivity contribution in [1.29, 1.82) is 0 Å². The molecule has 0 aliphatic carbocycles. The Morgan fingerprint density at radius 2 is 2.18 bits per heavy atom. The summed E-state index contributed by atoms with van der Waals surface area (Å²) in [6.07, 6.45) is 2.45. The van der Waals surface area contributed by atoms with E-state index >= 15 is 0 Å². The van der Waals surface area contributed by atoms with Crippen molar-refractivity contribution in [3.8, 4) is 0 Å². The normalized spacial score (nSPS) is 20.0. The molecule has 92 valence electrons. The fourth-order valence-electron chi connectivity index (χ4n) is 1.93. The van der Waals surface area contributed by atoms with Crippen LogP contribution in [0.2, 0.25) is 0 Å². The van der Waals surface area contributed by atoms with E-state index < -0.39 is 0 Å². The van der Waals surface area contributed by atoms with Crippen LogP contribution in [0.1, 0.15) is 12.0 Å². The van der Waals surface area contributed by atoms with E-state index in [-0.39, 0.29) is 11.9 Å². The number of anilines is 1. The number of carbonyl (C=O) groups is 1. The number of hydrogen-bond acceptors (Lipinski definition) is 4. The molecule has 0 radical (unpaired) electrons. The van der Waals surface area contributed by atoms with Crippen molar-refractivity contribution in [3.63, 3.8) is 0 Å². The number of carbonyl (C=O) groups excluding carboxylic acids is 1. The highest BCUT2D eigenvalue weighted by molar-refractivity contribution is 7.96. The van der Waals surface area contributed by atoms with Crippen molar-refractivity contribution < 1.29 is 4.79 Å². The molecule has 0 spiro atoms. The first-order valence-corrected chi connectivity index (χ1v) is 6.84. The van der Waals surface area contributed by atoms with Gasteiger partial charge in [0.1, 0.15) is 0 Å². The SMILES string of the molecule is CSNCc1ccc(N2C[C@H](N)CC2=O)cc1. The minimum Gasteiger partial charge on any atom is -0.326 e. The highest BCUT2D eigenvalue weighted by Gasteiger charge is 2.27. The van der Waals surface area contributed by atoms with Crippen LogP contribution in [0.25, 0.3) is 0 Å². The average molecular weight is 251 g/mol. The van der Waals surface area contributed by atoms with Gasteiger partial charge in [0.2, 0.25) is 5.91 Å². The Kier molecular flexibility index (Phi) is 4.04. The van der Waals surface area contributed by atoms with Crippen LogP contribution in [0.4, 0.5) is 5.69 Å². The van der Waals surface area contributed by atoms with E-state index in [1.165, 1.54) is 5.56 Å². The lowest BCUT2D eigenvalue weighted by Gasteiger charge is -2.16. The summed E-state index contributed by atoms with van der Waals surface area (Å²) in [7, 11) is 0. The molecule has 1 heterocycles. The number of nitrogens with two attached hydrogens (primary N) is 1. The summed E-state index contributed by atoms with van der Waals surface area (Å²) >= 11 is 1.60. The quantitative estimate of drug-likeness (QED) is 0.787. The van der Waals surface area contributed by atoms with Gasteiger partial charge in [-0.05, 0) is 24.0 Å². The molecular weight excluding hydrogens is 234 g/mol. The second-order valence-electron chi connectivity index (χ2n) is 4.16. The van der Waals surface area contributed by atoms with Gasteiger partial charge in [0.15, 0.2) is 0 Å². The van der Waals surface area contributed by atoms with Gasteiger partial charge in [-0.15, -0.1) is 0 Å². The van der Waals surface area contributed by atoms with Crippen molar-refractivity contribution >= 4 is 23.5 Å². The van der Waals surface area contributed by atoms with E-state index in [2.05, 4.69) is 4.72 Å². The van der Waals surface area contributed by atoms with Crippen molar-refractivity contribution in [2.75, 3.05) is 17.7 Å². The zero-order chi connectivity index (χ0) is 12.3. The molecule has 0 aromatic heterocycles. The molecular formula is C12H17N3OS. The molecule has 5 heteroatoms. The monoisotopic (exact) mass is 251 g/mol. The molecule has 1 saturated heterocycles. The molecule has 1 amide bonds. The van der Waals surface area contributed by atoms with Gasteiger partial charge in [0.05, 0.1) is 0 Å². The van der Waals surface area contributed by atoms with Crippen molar-refractivity contribution in [1.82, 2.24) is 4.72 Å². The molecule has 0 saturated carbocycles. The Morgan fingerprint density at radius 3 is 2.71 bits per heavy atom. The molecule has 1 aliphatic rings. The Labute approximate surface area is 106 Å². The van der Waals surface area contributed by atoms with Crippen LogP contribution in [0, 0.1) is 0 Å². The fourth-order valence-corrected chi connectivity index (χ4v) is 2.25. The third-order valence-corrected chi connectivity index (χ3v) is 3.26. The van der Waals surface area contributed by atoms with Crippen LogP contribution >= 0.6 is 11.9 Å². The van der Waals surface area contributed by atoms with Gasteiger partial charge in [0.25, 0.3) is 0 Å². The maximum Gasteiger partial charge on any atom is 0.228 e. The molecule has 17 heavy (non-hydrogen) atoms. The number of amides is 1. The molecule has 1 aromatic rings. The highest BCUT2D eigenvalue weighted by Crippen LogP contribution is 2.21. The zero-order valence-electron chi connectivity index (χ0n) is 9.85. The van der Waals surface area contributed by atoms with Gasteiger partial charge in [0, 0.05) is 31.2 Å². The smallest absolute Gasteiger partial charge is 0.228 e. The van der Waals surface area contributed by atoms with Crippen LogP contribution in [0.3, 0.4) is 0 Å². The minimum atomic E-state index is -0.0275. The molecule has 0 unspecified atom stereocenters. The number of nitrogens with zero attached hydrogens (tertiary/aromatic N) is 1. The third kappa shape index (κ3) is 3.00. The van der Waals surface area contributed by atoms with Crippen LogP contribution in [-0.4, -0.2) is 24.7 Å². The zero-order valence-corrected chi connectivity index (χ0v) is 10.7. The van der Waals surface area contributed by atoms with Crippen molar-refractivity contribution in [2.45, 2.75) is 19.0 Å². The molecule has 4 nitrogen and oxygen atoms in total. The number of nitrogens with one attached hydrogen (secondary N) is 1. The number of rotatable bonds is 4. The van der Waals surface area contributed by atoms with Crippen LogP contribution < -0.4 is 15.4 Å². The Balaban J connectivity index is 2.05. The van der Waals surface area contributed by atoms with Crippen LogP contribution in [0.5, 0.6) is 0 Å². The molecule has 0 bridgehead atoms. The maximum absolute atomic E-state index is 11.7. The second kappa shape index (κ2) is 5.53. The summed E-state index contributed by atoms with van der Waals surface area (Å²) in [6, 6.07) is 8.01. The molecule has 3 N–H and O–H groups in total. The van der Waals surface area contributed by atoms with Gasteiger partial charge in [-0.1, -0.05) is 24.1 Å². The lowest BCUT2D eigenvalue weighted by molar-refractivity contribution is -0.117. The molecule has 1 aromatic carbocycles. The van der Waals surface area contributed by atoms with Crippen LogP contribution in [0.15, 0.2) is 24.3 Å². The van der Waals surface area contributed by atoms with Gasteiger partial charge >= 0.3 is 0 Å². The van der Waals surface area contributed by atoms with Crippen LogP contribution in [-0.2, 0) is 11.3 Å².